The summed E-state index contributed by atoms with van der Waals surface area (Å²) in [6.45, 7) is 6.43. The van der Waals surface area contributed by atoms with Gasteiger partial charge in [0.2, 0.25) is 0 Å². The first-order chi connectivity index (χ1) is 13.0. The van der Waals surface area contributed by atoms with E-state index in [4.69, 9.17) is 4.74 Å². The monoisotopic (exact) mass is 466 g/mol. The molecule has 4 aromatic rings. The molecule has 0 amide bonds. The highest BCUT2D eigenvalue weighted by molar-refractivity contribution is 14.1. The molecule has 0 aliphatic heterocycles. The molecule has 27 heavy (non-hydrogen) atoms. The second-order valence-corrected chi connectivity index (χ2v) is 9.52. The number of ether oxygens (including phenoxy) is 1. The lowest BCUT2D eigenvalue weighted by molar-refractivity contribution is 0.199. The lowest BCUT2D eigenvalue weighted by Crippen LogP contribution is -2.23. The van der Waals surface area contributed by atoms with E-state index in [1.54, 1.807) is 0 Å². The van der Waals surface area contributed by atoms with Crippen LogP contribution in [0.15, 0.2) is 72.8 Å². The number of rotatable bonds is 4. The molecule has 0 saturated carbocycles. The van der Waals surface area contributed by atoms with Gasteiger partial charge in [-0.1, -0.05) is 67.6 Å². The highest BCUT2D eigenvalue weighted by atomic mass is 127. The van der Waals surface area contributed by atoms with Crippen molar-refractivity contribution in [3.8, 4) is 16.9 Å². The third-order valence-corrected chi connectivity index (χ3v) is 6.18. The molecular formula is C25H23IO. The van der Waals surface area contributed by atoms with Crippen molar-refractivity contribution in [2.24, 2.45) is 0 Å². The molecule has 0 bridgehead atoms. The minimum Gasteiger partial charge on any atom is -0.476 e. The minimum absolute atomic E-state index is 0.226. The fourth-order valence-electron chi connectivity index (χ4n) is 3.49. The van der Waals surface area contributed by atoms with E-state index in [0.29, 0.717) is 0 Å². The molecule has 0 radical (unpaired) electrons. The number of halogens is 1. The molecule has 0 saturated heterocycles. The molecule has 4 rings (SSSR count). The lowest BCUT2D eigenvalue weighted by Gasteiger charge is -2.26. The van der Waals surface area contributed by atoms with Gasteiger partial charge < -0.3 is 4.74 Å². The van der Waals surface area contributed by atoms with Crippen LogP contribution >= 0.6 is 22.6 Å². The van der Waals surface area contributed by atoms with Crippen LogP contribution in [0.1, 0.15) is 25.8 Å². The highest BCUT2D eigenvalue weighted by Crippen LogP contribution is 2.41. The first-order valence-corrected chi connectivity index (χ1v) is 10.5. The Hall–Kier alpha value is -2.07. The first kappa shape index (κ1) is 18.3. The van der Waals surface area contributed by atoms with Gasteiger partial charge in [-0.05, 0) is 87.7 Å². The number of alkyl halides is 1. The van der Waals surface area contributed by atoms with Crippen molar-refractivity contribution in [2.45, 2.75) is 30.8 Å². The molecule has 136 valence electrons. The molecule has 0 spiro atoms. The van der Waals surface area contributed by atoms with Crippen LogP contribution in [0.3, 0.4) is 0 Å². The van der Waals surface area contributed by atoms with E-state index < -0.39 is 0 Å². The number of hydrogen-bond acceptors (Lipinski definition) is 1. The Morgan fingerprint density at radius 1 is 0.815 bits per heavy atom. The summed E-state index contributed by atoms with van der Waals surface area (Å²) < 4.78 is 6.26. The Balaban J connectivity index is 1.97. The van der Waals surface area contributed by atoms with Gasteiger partial charge in [0.25, 0.3) is 0 Å². The van der Waals surface area contributed by atoms with Gasteiger partial charge in [-0.15, -0.1) is 0 Å². The van der Waals surface area contributed by atoms with Gasteiger partial charge >= 0.3 is 0 Å². The summed E-state index contributed by atoms with van der Waals surface area (Å²) in [6, 6.07) is 26.1. The van der Waals surface area contributed by atoms with E-state index in [2.05, 4.69) is 116 Å². The van der Waals surface area contributed by atoms with E-state index in [9.17, 15) is 0 Å². The predicted octanol–water partition coefficient (Wildman–Crippen LogP) is 7.91. The van der Waals surface area contributed by atoms with Crippen molar-refractivity contribution in [3.63, 3.8) is 0 Å². The zero-order chi connectivity index (χ0) is 19.0. The van der Waals surface area contributed by atoms with Gasteiger partial charge in [-0.25, -0.2) is 0 Å². The fourth-order valence-corrected chi connectivity index (χ4v) is 3.71. The Morgan fingerprint density at radius 2 is 1.44 bits per heavy atom. The van der Waals surface area contributed by atoms with Crippen LogP contribution in [0.2, 0.25) is 0 Å². The van der Waals surface area contributed by atoms with Crippen molar-refractivity contribution < 1.29 is 4.74 Å². The molecule has 1 unspecified atom stereocenters. The molecule has 0 heterocycles. The van der Waals surface area contributed by atoms with Crippen molar-refractivity contribution in [2.75, 3.05) is 0 Å². The molecule has 0 aliphatic rings. The molecule has 2 heteroatoms. The van der Waals surface area contributed by atoms with E-state index in [-0.39, 0.29) is 3.61 Å². The second kappa shape index (κ2) is 7.16. The maximum Gasteiger partial charge on any atom is 0.156 e. The van der Waals surface area contributed by atoms with Gasteiger partial charge in [-0.2, -0.15) is 0 Å². The van der Waals surface area contributed by atoms with Crippen molar-refractivity contribution in [1.29, 1.82) is 0 Å². The van der Waals surface area contributed by atoms with E-state index >= 15 is 0 Å². The van der Waals surface area contributed by atoms with Gasteiger partial charge in [0, 0.05) is 5.56 Å². The van der Waals surface area contributed by atoms with E-state index in [0.717, 1.165) is 17.7 Å². The normalized spacial score (nSPS) is 13.6. The fraction of sp³-hybridized carbons (Fsp3) is 0.200. The van der Waals surface area contributed by atoms with Gasteiger partial charge in [0.15, 0.2) is 3.61 Å². The Kier molecular flexibility index (Phi) is 4.85. The van der Waals surface area contributed by atoms with Crippen LogP contribution in [0.4, 0.5) is 0 Å². The number of benzene rings is 4. The van der Waals surface area contributed by atoms with Crippen LogP contribution in [0.5, 0.6) is 5.75 Å². The quantitative estimate of drug-likeness (QED) is 0.169. The maximum absolute atomic E-state index is 6.49. The van der Waals surface area contributed by atoms with Gasteiger partial charge in [-0.3, -0.25) is 0 Å². The summed E-state index contributed by atoms with van der Waals surface area (Å²) in [7, 11) is 0. The maximum atomic E-state index is 6.49. The summed E-state index contributed by atoms with van der Waals surface area (Å²) in [5, 5.41) is 5.05. The Morgan fingerprint density at radius 3 is 2.19 bits per heavy atom. The van der Waals surface area contributed by atoms with Crippen LogP contribution in [0, 0.1) is 6.92 Å². The summed E-state index contributed by atoms with van der Waals surface area (Å²) in [6.07, 6.45) is 0.946. The average molecular weight is 466 g/mol. The molecule has 0 N–H and O–H groups in total. The zero-order valence-electron chi connectivity index (χ0n) is 15.9. The SMILES string of the molecule is CCC(C)(I)Oc1c(C)cccc1-c1cccc2cc3ccccc3cc12. The molecule has 1 nitrogen and oxygen atoms in total. The second-order valence-electron chi connectivity index (χ2n) is 7.24. The van der Waals surface area contributed by atoms with Crippen LogP contribution in [-0.4, -0.2) is 3.61 Å². The largest absolute Gasteiger partial charge is 0.476 e. The van der Waals surface area contributed by atoms with Crippen molar-refractivity contribution in [3.05, 3.63) is 78.4 Å². The molecule has 0 aliphatic carbocycles. The summed E-state index contributed by atoms with van der Waals surface area (Å²) in [5.41, 5.74) is 3.55. The minimum atomic E-state index is -0.226. The van der Waals surface area contributed by atoms with Gasteiger partial charge in [0.05, 0.1) is 0 Å². The molecule has 0 aromatic heterocycles. The third-order valence-electron chi connectivity index (χ3n) is 5.20. The molecule has 1 atom stereocenters. The van der Waals surface area contributed by atoms with E-state index in [1.807, 2.05) is 0 Å². The smallest absolute Gasteiger partial charge is 0.156 e. The average Bonchev–Trinajstić information content (AvgIpc) is 2.67. The summed E-state index contributed by atoms with van der Waals surface area (Å²) >= 11 is 2.40. The highest BCUT2D eigenvalue weighted by Gasteiger charge is 2.23. The number of aryl methyl sites for hydroxylation is 1. The molecule has 4 aromatic carbocycles. The predicted molar refractivity (Wildman–Crippen MR) is 125 cm³/mol. The Labute approximate surface area is 174 Å². The standard InChI is InChI=1S/C25H23IO/c1-4-25(3,26)27-24-17(2)9-7-14-22(24)21-13-8-12-20-15-18-10-5-6-11-19(18)16-23(20)21/h5-16H,4H2,1-3H3. The van der Waals surface area contributed by atoms with Crippen LogP contribution in [-0.2, 0) is 0 Å². The summed E-state index contributed by atoms with van der Waals surface area (Å²) in [4.78, 5) is 0. The number of fused-ring (bicyclic) bond motifs is 2. The number of hydrogen-bond donors (Lipinski definition) is 0. The van der Waals surface area contributed by atoms with Gasteiger partial charge in [0.1, 0.15) is 5.75 Å². The molecular weight excluding hydrogens is 443 g/mol. The van der Waals surface area contributed by atoms with Crippen molar-refractivity contribution in [1.82, 2.24) is 0 Å². The zero-order valence-corrected chi connectivity index (χ0v) is 18.1. The summed E-state index contributed by atoms with van der Waals surface area (Å²) in [5.74, 6) is 0.983. The Bertz CT molecular complexity index is 1130. The van der Waals surface area contributed by atoms with Crippen LogP contribution in [0.25, 0.3) is 32.7 Å². The third kappa shape index (κ3) is 3.55. The topological polar surface area (TPSA) is 9.23 Å². The first-order valence-electron chi connectivity index (χ1n) is 9.38. The lowest BCUT2D eigenvalue weighted by atomic mass is 9.94. The van der Waals surface area contributed by atoms with E-state index in [1.165, 1.54) is 32.7 Å². The van der Waals surface area contributed by atoms with Crippen LogP contribution < -0.4 is 4.74 Å². The molecule has 0 fully saturated rings. The van der Waals surface area contributed by atoms with Crippen molar-refractivity contribution >= 4 is 44.1 Å². The number of para-hydroxylation sites is 1.